The fourth-order valence-corrected chi connectivity index (χ4v) is 3.55. The van der Waals surface area contributed by atoms with E-state index < -0.39 is 0 Å². The van der Waals surface area contributed by atoms with Gasteiger partial charge in [-0.15, -0.1) is 0 Å². The number of benzene rings is 1. The minimum absolute atomic E-state index is 0.753. The fourth-order valence-electron chi connectivity index (χ4n) is 3.55. The highest BCUT2D eigenvalue weighted by Crippen LogP contribution is 2.27. The van der Waals surface area contributed by atoms with Gasteiger partial charge in [-0.3, -0.25) is 9.58 Å². The normalized spacial score (nSPS) is 15.2. The van der Waals surface area contributed by atoms with Crippen LogP contribution in [0.1, 0.15) is 13.3 Å². The maximum absolute atomic E-state index is 5.24. The third kappa shape index (κ3) is 3.73. The maximum Gasteiger partial charge on any atom is 0.229 e. The van der Waals surface area contributed by atoms with Crippen molar-refractivity contribution in [3.05, 3.63) is 30.5 Å². The molecular formula is C20H27N7O. The van der Waals surface area contributed by atoms with E-state index in [1.54, 1.807) is 11.8 Å². The van der Waals surface area contributed by atoms with Crippen LogP contribution in [0.15, 0.2) is 30.5 Å². The lowest BCUT2D eigenvalue weighted by molar-refractivity contribution is 0.257. The van der Waals surface area contributed by atoms with Gasteiger partial charge < -0.3 is 15.0 Å². The summed E-state index contributed by atoms with van der Waals surface area (Å²) in [7, 11) is 3.58. The minimum atomic E-state index is 0.753. The second-order valence-electron chi connectivity index (χ2n) is 7.06. The summed E-state index contributed by atoms with van der Waals surface area (Å²) >= 11 is 0. The number of fused-ring (bicyclic) bond motifs is 1. The molecule has 1 saturated heterocycles. The van der Waals surface area contributed by atoms with Gasteiger partial charge in [-0.2, -0.15) is 15.1 Å². The van der Waals surface area contributed by atoms with Crippen LogP contribution in [0.2, 0.25) is 0 Å². The Balaban J connectivity index is 1.62. The van der Waals surface area contributed by atoms with Gasteiger partial charge in [-0.1, -0.05) is 6.92 Å². The van der Waals surface area contributed by atoms with Crippen LogP contribution in [-0.2, 0) is 7.05 Å². The van der Waals surface area contributed by atoms with E-state index in [0.29, 0.717) is 0 Å². The number of nitrogens with one attached hydrogen (secondary N) is 1. The third-order valence-corrected chi connectivity index (χ3v) is 5.13. The van der Waals surface area contributed by atoms with E-state index in [1.807, 2.05) is 37.5 Å². The summed E-state index contributed by atoms with van der Waals surface area (Å²) in [4.78, 5) is 14.4. The van der Waals surface area contributed by atoms with Crippen LogP contribution in [0.25, 0.3) is 11.0 Å². The smallest absolute Gasteiger partial charge is 0.229 e. The molecule has 1 aliphatic heterocycles. The highest BCUT2D eigenvalue weighted by atomic mass is 16.5. The van der Waals surface area contributed by atoms with E-state index in [4.69, 9.17) is 14.7 Å². The quantitative estimate of drug-likeness (QED) is 0.704. The number of hydrogen-bond acceptors (Lipinski definition) is 7. The van der Waals surface area contributed by atoms with Crippen molar-refractivity contribution in [2.45, 2.75) is 13.3 Å². The standard InChI is InChI=1S/C20H27N7O/c1-4-9-26-10-12-27(13-11-26)20-23-18(17-14-21-25(2)19(17)24-20)22-15-5-7-16(28-3)8-6-15/h5-8,14H,4,9-13H2,1-3H3,(H,22,23,24). The zero-order valence-electron chi connectivity index (χ0n) is 16.7. The van der Waals surface area contributed by atoms with Crippen molar-refractivity contribution < 1.29 is 4.74 Å². The Morgan fingerprint density at radius 3 is 2.50 bits per heavy atom. The predicted octanol–water partition coefficient (Wildman–Crippen LogP) is 2.65. The van der Waals surface area contributed by atoms with Gasteiger partial charge in [0.15, 0.2) is 5.65 Å². The van der Waals surface area contributed by atoms with Gasteiger partial charge in [0, 0.05) is 38.9 Å². The summed E-state index contributed by atoms with van der Waals surface area (Å²) in [5.41, 5.74) is 1.78. The second-order valence-corrected chi connectivity index (χ2v) is 7.06. The van der Waals surface area contributed by atoms with E-state index in [1.165, 1.54) is 6.42 Å². The summed E-state index contributed by atoms with van der Waals surface area (Å²) in [5, 5.41) is 8.71. The summed E-state index contributed by atoms with van der Waals surface area (Å²) in [5.74, 6) is 2.35. The average molecular weight is 381 g/mol. The Morgan fingerprint density at radius 2 is 1.82 bits per heavy atom. The number of rotatable bonds is 6. The van der Waals surface area contributed by atoms with Crippen molar-refractivity contribution in [2.24, 2.45) is 7.05 Å². The Labute approximate surface area is 165 Å². The molecule has 1 aromatic carbocycles. The van der Waals surface area contributed by atoms with Crippen LogP contribution in [0.3, 0.4) is 0 Å². The average Bonchev–Trinajstić information content (AvgIpc) is 3.10. The molecule has 8 heteroatoms. The molecule has 3 aromatic rings. The van der Waals surface area contributed by atoms with Gasteiger partial charge in [0.1, 0.15) is 11.6 Å². The summed E-state index contributed by atoms with van der Waals surface area (Å²) < 4.78 is 7.04. The molecule has 0 amide bonds. The molecule has 0 atom stereocenters. The van der Waals surface area contributed by atoms with Gasteiger partial charge in [0.25, 0.3) is 0 Å². The van der Waals surface area contributed by atoms with Crippen molar-refractivity contribution in [3.8, 4) is 5.75 Å². The van der Waals surface area contributed by atoms with E-state index in [9.17, 15) is 0 Å². The van der Waals surface area contributed by atoms with Gasteiger partial charge in [-0.25, -0.2) is 0 Å². The first-order chi connectivity index (χ1) is 13.7. The third-order valence-electron chi connectivity index (χ3n) is 5.13. The molecule has 1 fully saturated rings. The van der Waals surface area contributed by atoms with Crippen LogP contribution >= 0.6 is 0 Å². The van der Waals surface area contributed by atoms with E-state index in [0.717, 1.165) is 67.0 Å². The zero-order chi connectivity index (χ0) is 19.5. The number of hydrogen-bond donors (Lipinski definition) is 1. The minimum Gasteiger partial charge on any atom is -0.497 e. The van der Waals surface area contributed by atoms with Crippen LogP contribution in [0, 0.1) is 0 Å². The van der Waals surface area contributed by atoms with Crippen molar-refractivity contribution in [1.29, 1.82) is 0 Å². The molecule has 0 bridgehead atoms. The van der Waals surface area contributed by atoms with Crippen molar-refractivity contribution in [2.75, 3.05) is 50.1 Å². The van der Waals surface area contributed by atoms with Gasteiger partial charge in [0.2, 0.25) is 5.95 Å². The summed E-state index contributed by atoms with van der Waals surface area (Å²) in [6.45, 7) is 7.34. The van der Waals surface area contributed by atoms with Gasteiger partial charge >= 0.3 is 0 Å². The zero-order valence-corrected chi connectivity index (χ0v) is 16.7. The molecule has 0 saturated carbocycles. The largest absolute Gasteiger partial charge is 0.497 e. The lowest BCUT2D eigenvalue weighted by Crippen LogP contribution is -2.47. The maximum atomic E-state index is 5.24. The number of anilines is 3. The van der Waals surface area contributed by atoms with Crippen LogP contribution < -0.4 is 15.0 Å². The molecule has 1 aliphatic rings. The number of aryl methyl sites for hydroxylation is 1. The highest BCUT2D eigenvalue weighted by Gasteiger charge is 2.21. The number of methoxy groups -OCH3 is 1. The number of ether oxygens (including phenoxy) is 1. The molecule has 0 aliphatic carbocycles. The first-order valence-electron chi connectivity index (χ1n) is 9.76. The van der Waals surface area contributed by atoms with Gasteiger partial charge in [-0.05, 0) is 37.2 Å². The molecule has 0 unspecified atom stereocenters. The van der Waals surface area contributed by atoms with Crippen LogP contribution in [0.4, 0.5) is 17.5 Å². The van der Waals surface area contributed by atoms with Gasteiger partial charge in [0.05, 0.1) is 18.7 Å². The lowest BCUT2D eigenvalue weighted by atomic mass is 10.3. The molecule has 0 spiro atoms. The highest BCUT2D eigenvalue weighted by molar-refractivity contribution is 5.89. The number of piperazine rings is 1. The monoisotopic (exact) mass is 381 g/mol. The Kier molecular flexibility index (Phi) is 5.29. The predicted molar refractivity (Wildman–Crippen MR) is 112 cm³/mol. The molecule has 1 N–H and O–H groups in total. The summed E-state index contributed by atoms with van der Waals surface area (Å²) in [6.07, 6.45) is 3.00. The molecule has 2 aromatic heterocycles. The Hall–Kier alpha value is -2.87. The number of nitrogens with zero attached hydrogens (tertiary/aromatic N) is 6. The molecule has 8 nitrogen and oxygen atoms in total. The Bertz CT molecular complexity index is 930. The first kappa shape index (κ1) is 18.5. The molecule has 4 rings (SSSR count). The molecule has 148 valence electrons. The summed E-state index contributed by atoms with van der Waals surface area (Å²) in [6, 6.07) is 7.81. The second kappa shape index (κ2) is 8.02. The molecule has 28 heavy (non-hydrogen) atoms. The fraction of sp³-hybridized carbons (Fsp3) is 0.450. The molecule has 0 radical (unpaired) electrons. The Morgan fingerprint density at radius 1 is 1.07 bits per heavy atom. The van der Waals surface area contributed by atoms with E-state index >= 15 is 0 Å². The SMILES string of the molecule is CCCN1CCN(c2nc(Nc3ccc(OC)cc3)c3cnn(C)c3n2)CC1. The van der Waals surface area contributed by atoms with Crippen LogP contribution in [-0.4, -0.2) is 64.5 Å². The molecular weight excluding hydrogens is 354 g/mol. The number of aromatic nitrogens is 4. The molecule has 3 heterocycles. The van der Waals surface area contributed by atoms with E-state index in [-0.39, 0.29) is 0 Å². The van der Waals surface area contributed by atoms with Crippen molar-refractivity contribution in [3.63, 3.8) is 0 Å². The first-order valence-corrected chi connectivity index (χ1v) is 9.76. The topological polar surface area (TPSA) is 71.3 Å². The van der Waals surface area contributed by atoms with Crippen molar-refractivity contribution >= 4 is 28.5 Å². The van der Waals surface area contributed by atoms with Crippen molar-refractivity contribution in [1.82, 2.24) is 24.6 Å². The van der Waals surface area contributed by atoms with Crippen LogP contribution in [0.5, 0.6) is 5.75 Å². The lowest BCUT2D eigenvalue weighted by Gasteiger charge is -2.34. The van der Waals surface area contributed by atoms with E-state index in [2.05, 4.69) is 27.1 Å².